The molecule has 1 rings (SSSR count). The molecule has 0 aliphatic heterocycles. The Morgan fingerprint density at radius 3 is 2.21 bits per heavy atom. The molecule has 1 saturated carbocycles. The van der Waals surface area contributed by atoms with E-state index in [0.29, 0.717) is 19.3 Å². The molecule has 0 N–H and O–H groups in total. The molecule has 0 saturated heterocycles. The van der Waals surface area contributed by atoms with E-state index in [-0.39, 0.29) is 5.92 Å². The quantitative estimate of drug-likeness (QED) is 0.540. The Morgan fingerprint density at radius 1 is 1.29 bits per heavy atom. The molecule has 0 spiro atoms. The molecule has 2 atom stereocenters. The molecule has 7 heteroatoms. The van der Waals surface area contributed by atoms with Crippen LogP contribution in [-0.2, 0) is 14.3 Å². The summed E-state index contributed by atoms with van der Waals surface area (Å²) in [7, 11) is -5.41. The molecule has 1 aliphatic rings. The van der Waals surface area contributed by atoms with E-state index in [1.807, 2.05) is 0 Å². The largest absolute Gasteiger partial charge is 0.523 e. The van der Waals surface area contributed by atoms with Crippen LogP contribution in [0.5, 0.6) is 0 Å². The highest BCUT2D eigenvalue weighted by Crippen LogP contribution is 2.33. The molecule has 14 heavy (non-hydrogen) atoms. The van der Waals surface area contributed by atoms with Gasteiger partial charge >= 0.3 is 15.6 Å². The lowest BCUT2D eigenvalue weighted by Gasteiger charge is -2.16. The van der Waals surface area contributed by atoms with E-state index in [4.69, 9.17) is 0 Å². The molecule has 0 amide bonds. The Kier molecular flexibility index (Phi) is 3.10. The van der Waals surface area contributed by atoms with Crippen molar-refractivity contribution in [2.24, 2.45) is 5.92 Å². The molecular weight excluding hydrogens is 221 g/mol. The van der Waals surface area contributed by atoms with Gasteiger partial charge in [-0.1, -0.05) is 13.3 Å². The molecule has 0 aromatic rings. The van der Waals surface area contributed by atoms with E-state index < -0.39 is 21.7 Å². The lowest BCUT2D eigenvalue weighted by Crippen LogP contribution is -2.31. The fourth-order valence-electron chi connectivity index (χ4n) is 1.47. The van der Waals surface area contributed by atoms with Crippen LogP contribution in [0.25, 0.3) is 0 Å². The third kappa shape index (κ3) is 2.38. The minimum Gasteiger partial charge on any atom is -0.260 e. The Bertz CT molecular complexity index is 296. The highest BCUT2D eigenvalue weighted by atomic mass is 32.2. The first kappa shape index (κ1) is 11.8. The summed E-state index contributed by atoms with van der Waals surface area (Å²) in [6.07, 6.45) is 0.968. The van der Waals surface area contributed by atoms with Crippen LogP contribution < -0.4 is 0 Å². The molecule has 0 radical (unpaired) electrons. The monoisotopic (exact) mass is 232 g/mol. The summed E-state index contributed by atoms with van der Waals surface area (Å²) in [5, 5.41) is 0. The third-order valence-electron chi connectivity index (χ3n) is 2.32. The molecule has 1 aliphatic carbocycles. The zero-order chi connectivity index (χ0) is 11.0. The van der Waals surface area contributed by atoms with Gasteiger partial charge in [-0.05, 0) is 18.8 Å². The van der Waals surface area contributed by atoms with Gasteiger partial charge in [0.15, 0.2) is 0 Å². The van der Waals surface area contributed by atoms with Gasteiger partial charge in [0.25, 0.3) is 0 Å². The molecule has 1 fully saturated rings. The second kappa shape index (κ2) is 3.69. The van der Waals surface area contributed by atoms with Crippen LogP contribution in [0, 0.1) is 5.92 Å². The van der Waals surface area contributed by atoms with Gasteiger partial charge in [-0.3, -0.25) is 4.18 Å². The number of alkyl halides is 3. The molecule has 0 bridgehead atoms. The Morgan fingerprint density at radius 2 is 1.86 bits per heavy atom. The van der Waals surface area contributed by atoms with E-state index in [1.54, 1.807) is 6.92 Å². The van der Waals surface area contributed by atoms with Gasteiger partial charge in [0.1, 0.15) is 0 Å². The van der Waals surface area contributed by atoms with E-state index in [2.05, 4.69) is 4.18 Å². The van der Waals surface area contributed by atoms with Crippen molar-refractivity contribution in [3.05, 3.63) is 0 Å². The molecule has 0 aromatic heterocycles. The van der Waals surface area contributed by atoms with Crippen LogP contribution >= 0.6 is 0 Å². The van der Waals surface area contributed by atoms with Crippen molar-refractivity contribution in [1.82, 2.24) is 0 Å². The predicted octanol–water partition coefficient (Wildman–Crippen LogP) is 2.04. The Balaban J connectivity index is 2.69. The molecule has 0 aromatic carbocycles. The average molecular weight is 232 g/mol. The number of halogens is 3. The molecule has 2 unspecified atom stereocenters. The van der Waals surface area contributed by atoms with E-state index in [9.17, 15) is 21.6 Å². The van der Waals surface area contributed by atoms with Crippen molar-refractivity contribution in [2.45, 2.75) is 37.8 Å². The lowest BCUT2D eigenvalue weighted by atomic mass is 10.1. The van der Waals surface area contributed by atoms with Crippen molar-refractivity contribution in [3.8, 4) is 0 Å². The summed E-state index contributed by atoms with van der Waals surface area (Å²) in [5.74, 6) is -0.132. The zero-order valence-corrected chi connectivity index (χ0v) is 8.36. The highest BCUT2D eigenvalue weighted by molar-refractivity contribution is 7.87. The van der Waals surface area contributed by atoms with Crippen molar-refractivity contribution in [2.75, 3.05) is 0 Å². The summed E-state index contributed by atoms with van der Waals surface area (Å²) in [6.45, 7) is 1.68. The van der Waals surface area contributed by atoms with Crippen LogP contribution in [0.2, 0.25) is 0 Å². The molecular formula is C7H11F3O3S. The number of hydrogen-bond donors (Lipinski definition) is 0. The van der Waals surface area contributed by atoms with Crippen LogP contribution in [-0.4, -0.2) is 20.0 Å². The molecule has 3 nitrogen and oxygen atoms in total. The summed E-state index contributed by atoms with van der Waals surface area (Å²) in [6, 6.07) is 0. The van der Waals surface area contributed by atoms with Crippen LogP contribution in [0.1, 0.15) is 26.2 Å². The van der Waals surface area contributed by atoms with Crippen LogP contribution in [0.4, 0.5) is 13.2 Å². The zero-order valence-electron chi connectivity index (χ0n) is 7.54. The Hall–Kier alpha value is -0.300. The first-order valence-corrected chi connectivity index (χ1v) is 5.64. The smallest absolute Gasteiger partial charge is 0.260 e. The van der Waals surface area contributed by atoms with Crippen molar-refractivity contribution in [1.29, 1.82) is 0 Å². The minimum atomic E-state index is -5.41. The maximum Gasteiger partial charge on any atom is 0.523 e. The maximum absolute atomic E-state index is 11.9. The second-order valence-electron chi connectivity index (χ2n) is 3.44. The van der Waals surface area contributed by atoms with Crippen molar-refractivity contribution < 1.29 is 25.8 Å². The van der Waals surface area contributed by atoms with Crippen LogP contribution in [0.15, 0.2) is 0 Å². The predicted molar refractivity (Wildman–Crippen MR) is 42.9 cm³/mol. The fraction of sp³-hybridized carbons (Fsp3) is 1.00. The fourth-order valence-corrected chi connectivity index (χ4v) is 2.19. The first-order valence-electron chi connectivity index (χ1n) is 4.23. The summed E-state index contributed by atoms with van der Waals surface area (Å²) in [5.41, 5.74) is -5.31. The van der Waals surface area contributed by atoms with Gasteiger partial charge in [0, 0.05) is 0 Å². The van der Waals surface area contributed by atoms with Gasteiger partial charge in [-0.15, -0.1) is 0 Å². The Labute approximate surface area is 80.4 Å². The van der Waals surface area contributed by atoms with Crippen molar-refractivity contribution in [3.63, 3.8) is 0 Å². The topological polar surface area (TPSA) is 43.4 Å². The first-order chi connectivity index (χ1) is 6.24. The van der Waals surface area contributed by atoms with Gasteiger partial charge in [0.2, 0.25) is 0 Å². The third-order valence-corrected chi connectivity index (χ3v) is 3.38. The highest BCUT2D eigenvalue weighted by Gasteiger charge is 2.49. The van der Waals surface area contributed by atoms with E-state index in [1.165, 1.54) is 0 Å². The number of hydrogen-bond acceptors (Lipinski definition) is 3. The van der Waals surface area contributed by atoms with Gasteiger partial charge in [0.05, 0.1) is 6.10 Å². The lowest BCUT2D eigenvalue weighted by molar-refractivity contribution is -0.0583. The summed E-state index contributed by atoms with van der Waals surface area (Å²) < 4.78 is 61.0. The maximum atomic E-state index is 11.9. The van der Waals surface area contributed by atoms with Crippen molar-refractivity contribution >= 4 is 10.1 Å². The van der Waals surface area contributed by atoms with E-state index >= 15 is 0 Å². The van der Waals surface area contributed by atoms with Gasteiger partial charge < -0.3 is 0 Å². The average Bonchev–Trinajstić information content (AvgIpc) is 2.33. The molecule has 84 valence electrons. The SMILES string of the molecule is CC1CCCC1OS(=O)(=O)C(F)(F)F. The summed E-state index contributed by atoms with van der Waals surface area (Å²) >= 11 is 0. The normalized spacial score (nSPS) is 29.4. The van der Waals surface area contributed by atoms with Gasteiger partial charge in [-0.25, -0.2) is 0 Å². The number of rotatable bonds is 2. The van der Waals surface area contributed by atoms with Gasteiger partial charge in [-0.2, -0.15) is 21.6 Å². The second-order valence-corrected chi connectivity index (χ2v) is 5.01. The van der Waals surface area contributed by atoms with E-state index in [0.717, 1.165) is 0 Å². The van der Waals surface area contributed by atoms with Crippen LogP contribution in [0.3, 0.4) is 0 Å². The summed E-state index contributed by atoms with van der Waals surface area (Å²) in [4.78, 5) is 0. The molecule has 0 heterocycles. The standard InChI is InChI=1S/C7H11F3O3S/c1-5-3-2-4-6(5)13-14(11,12)7(8,9)10/h5-6H,2-4H2,1H3. The minimum absolute atomic E-state index is 0.132.